The normalized spacial score (nSPS) is 10.8. The third-order valence-electron chi connectivity index (χ3n) is 4.44. The zero-order chi connectivity index (χ0) is 23.3. The van der Waals surface area contributed by atoms with Gasteiger partial charge in [-0.2, -0.15) is 0 Å². The van der Waals surface area contributed by atoms with Crippen molar-refractivity contribution in [2.24, 2.45) is 0 Å². The van der Waals surface area contributed by atoms with Crippen LogP contribution in [0.2, 0.25) is 0 Å². The molecular weight excluding hydrogens is 514 g/mol. The number of nitrogens with one attached hydrogen (secondary N) is 3. The van der Waals surface area contributed by atoms with Crippen molar-refractivity contribution in [3.05, 3.63) is 82.3 Å². The Labute approximate surface area is 200 Å². The second-order valence-electron chi connectivity index (χ2n) is 6.73. The fraction of sp³-hybridized carbons (Fsp3) is 0.0909. The molecule has 7 nitrogen and oxygen atoms in total. The molecule has 0 aliphatic carbocycles. The van der Waals surface area contributed by atoms with E-state index in [0.717, 1.165) is 10.0 Å². The SMILES string of the molecule is COc1ccc(NS(=O)(=O)c2ccc(NC(=S)NC(=O)c3cc(Br)ccc3C)cc2)cc1. The summed E-state index contributed by atoms with van der Waals surface area (Å²) in [5.41, 5.74) is 2.26. The van der Waals surface area contributed by atoms with E-state index in [9.17, 15) is 13.2 Å². The lowest BCUT2D eigenvalue weighted by Gasteiger charge is -2.12. The van der Waals surface area contributed by atoms with Gasteiger partial charge in [-0.15, -0.1) is 0 Å². The van der Waals surface area contributed by atoms with Crippen LogP contribution in [0.15, 0.2) is 76.1 Å². The molecule has 0 atom stereocenters. The molecule has 0 aromatic heterocycles. The molecule has 32 heavy (non-hydrogen) atoms. The highest BCUT2D eigenvalue weighted by Crippen LogP contribution is 2.21. The third kappa shape index (κ3) is 6.06. The molecule has 0 saturated carbocycles. The summed E-state index contributed by atoms with van der Waals surface area (Å²) in [4.78, 5) is 12.5. The average Bonchev–Trinajstić information content (AvgIpc) is 2.76. The van der Waals surface area contributed by atoms with Crippen LogP contribution in [-0.4, -0.2) is 26.5 Å². The summed E-state index contributed by atoms with van der Waals surface area (Å²) in [5, 5.41) is 5.59. The Morgan fingerprint density at radius 3 is 2.22 bits per heavy atom. The van der Waals surface area contributed by atoms with Crippen molar-refractivity contribution in [3.63, 3.8) is 0 Å². The fourth-order valence-corrected chi connectivity index (χ4v) is 4.39. The lowest BCUT2D eigenvalue weighted by molar-refractivity contribution is 0.0977. The number of carbonyl (C=O) groups excluding carboxylic acids is 1. The number of sulfonamides is 1. The highest BCUT2D eigenvalue weighted by molar-refractivity contribution is 9.10. The van der Waals surface area contributed by atoms with Crippen LogP contribution in [-0.2, 0) is 10.0 Å². The Hall–Kier alpha value is -2.95. The summed E-state index contributed by atoms with van der Waals surface area (Å²) in [6.45, 7) is 1.83. The van der Waals surface area contributed by atoms with E-state index in [-0.39, 0.29) is 15.9 Å². The Morgan fingerprint density at radius 2 is 1.59 bits per heavy atom. The minimum Gasteiger partial charge on any atom is -0.497 e. The number of halogens is 1. The standard InChI is InChI=1S/C22H20BrN3O4S2/c1-14-3-4-15(23)13-20(14)21(27)25-22(31)24-16-7-11-19(12-8-16)32(28,29)26-17-5-9-18(30-2)10-6-17/h3-13,26H,1-2H3,(H2,24,25,27,31). The highest BCUT2D eigenvalue weighted by Gasteiger charge is 2.15. The van der Waals surface area contributed by atoms with Gasteiger partial charge >= 0.3 is 0 Å². The molecule has 3 rings (SSSR count). The number of carbonyl (C=O) groups is 1. The molecule has 0 unspecified atom stereocenters. The number of rotatable bonds is 6. The van der Waals surface area contributed by atoms with Gasteiger partial charge in [0, 0.05) is 21.4 Å². The maximum absolute atomic E-state index is 12.6. The molecule has 0 spiro atoms. The topological polar surface area (TPSA) is 96.5 Å². The van der Waals surface area contributed by atoms with Gasteiger partial charge < -0.3 is 10.1 Å². The predicted octanol–water partition coefficient (Wildman–Crippen LogP) is 4.69. The molecule has 3 aromatic carbocycles. The predicted molar refractivity (Wildman–Crippen MR) is 133 cm³/mol. The summed E-state index contributed by atoms with van der Waals surface area (Å²) in [5.74, 6) is 0.283. The molecule has 3 N–H and O–H groups in total. The number of ether oxygens (including phenoxy) is 1. The maximum atomic E-state index is 12.6. The summed E-state index contributed by atoms with van der Waals surface area (Å²) in [6, 6.07) is 17.9. The fourth-order valence-electron chi connectivity index (χ4n) is 2.76. The highest BCUT2D eigenvalue weighted by atomic mass is 79.9. The summed E-state index contributed by atoms with van der Waals surface area (Å²) in [7, 11) is -2.23. The molecule has 0 radical (unpaired) electrons. The number of aryl methyl sites for hydroxylation is 1. The zero-order valence-corrected chi connectivity index (χ0v) is 20.4. The third-order valence-corrected chi connectivity index (χ3v) is 6.53. The molecule has 0 bridgehead atoms. The Balaban J connectivity index is 1.63. The molecular formula is C22H20BrN3O4S2. The van der Waals surface area contributed by atoms with Crippen molar-refractivity contribution >= 4 is 60.6 Å². The average molecular weight is 534 g/mol. The first-order chi connectivity index (χ1) is 15.2. The van der Waals surface area contributed by atoms with Crippen LogP contribution < -0.4 is 20.1 Å². The van der Waals surface area contributed by atoms with Gasteiger partial charge in [-0.05, 0) is 85.4 Å². The summed E-state index contributed by atoms with van der Waals surface area (Å²) >= 11 is 8.55. The molecule has 0 aliphatic rings. The van der Waals surface area contributed by atoms with Gasteiger partial charge in [-0.1, -0.05) is 22.0 Å². The van der Waals surface area contributed by atoms with Crippen molar-refractivity contribution in [2.75, 3.05) is 17.1 Å². The van der Waals surface area contributed by atoms with Crippen LogP contribution in [0.5, 0.6) is 5.75 Å². The van der Waals surface area contributed by atoms with Gasteiger partial charge in [0.2, 0.25) is 0 Å². The van der Waals surface area contributed by atoms with Crippen LogP contribution in [0, 0.1) is 6.92 Å². The van der Waals surface area contributed by atoms with E-state index >= 15 is 0 Å². The molecule has 0 fully saturated rings. The molecule has 3 aromatic rings. The van der Waals surface area contributed by atoms with E-state index in [4.69, 9.17) is 17.0 Å². The second kappa shape index (κ2) is 10.1. The van der Waals surface area contributed by atoms with Crippen LogP contribution in [0.4, 0.5) is 11.4 Å². The lowest BCUT2D eigenvalue weighted by atomic mass is 10.1. The Bertz CT molecular complexity index is 1250. The van der Waals surface area contributed by atoms with Crippen molar-refractivity contribution in [3.8, 4) is 5.75 Å². The van der Waals surface area contributed by atoms with Crippen LogP contribution >= 0.6 is 28.1 Å². The van der Waals surface area contributed by atoms with E-state index in [1.54, 1.807) is 42.5 Å². The van der Waals surface area contributed by atoms with E-state index < -0.39 is 10.0 Å². The van der Waals surface area contributed by atoms with Crippen molar-refractivity contribution in [2.45, 2.75) is 11.8 Å². The maximum Gasteiger partial charge on any atom is 0.261 e. The van der Waals surface area contributed by atoms with Gasteiger partial charge in [-0.25, -0.2) is 8.42 Å². The van der Waals surface area contributed by atoms with Crippen molar-refractivity contribution in [1.82, 2.24) is 5.32 Å². The van der Waals surface area contributed by atoms with Gasteiger partial charge in [0.25, 0.3) is 15.9 Å². The van der Waals surface area contributed by atoms with Crippen molar-refractivity contribution in [1.29, 1.82) is 0 Å². The first kappa shape index (κ1) is 23.7. The molecule has 0 saturated heterocycles. The van der Waals surface area contributed by atoms with Crippen LogP contribution in [0.1, 0.15) is 15.9 Å². The number of hydrogen-bond donors (Lipinski definition) is 3. The van der Waals surface area contributed by atoms with Gasteiger partial charge in [-0.3, -0.25) is 14.8 Å². The quantitative estimate of drug-likeness (QED) is 0.397. The minimum atomic E-state index is -3.77. The smallest absolute Gasteiger partial charge is 0.261 e. The van der Waals surface area contributed by atoms with E-state index in [2.05, 4.69) is 31.3 Å². The lowest BCUT2D eigenvalue weighted by Crippen LogP contribution is -2.34. The van der Waals surface area contributed by atoms with Gasteiger partial charge in [0.15, 0.2) is 5.11 Å². The number of anilines is 2. The summed E-state index contributed by atoms with van der Waals surface area (Å²) in [6.07, 6.45) is 0. The van der Waals surface area contributed by atoms with Gasteiger partial charge in [0.1, 0.15) is 5.75 Å². The van der Waals surface area contributed by atoms with Crippen molar-refractivity contribution < 1.29 is 17.9 Å². The van der Waals surface area contributed by atoms with Crippen LogP contribution in [0.25, 0.3) is 0 Å². The number of amides is 1. The van der Waals surface area contributed by atoms with E-state index in [1.165, 1.54) is 19.2 Å². The van der Waals surface area contributed by atoms with E-state index in [1.807, 2.05) is 19.1 Å². The first-order valence-corrected chi connectivity index (χ1v) is 12.0. The zero-order valence-electron chi connectivity index (χ0n) is 17.2. The number of benzene rings is 3. The molecule has 0 heterocycles. The molecule has 1 amide bonds. The van der Waals surface area contributed by atoms with Gasteiger partial charge in [0.05, 0.1) is 12.0 Å². The second-order valence-corrected chi connectivity index (χ2v) is 9.73. The Kier molecular flexibility index (Phi) is 7.49. The minimum absolute atomic E-state index is 0.0820. The first-order valence-electron chi connectivity index (χ1n) is 9.33. The van der Waals surface area contributed by atoms with E-state index in [0.29, 0.717) is 22.7 Å². The number of hydrogen-bond acceptors (Lipinski definition) is 5. The number of thiocarbonyl (C=S) groups is 1. The summed E-state index contributed by atoms with van der Waals surface area (Å²) < 4.78 is 33.6. The monoisotopic (exact) mass is 533 g/mol. The molecule has 0 aliphatic heterocycles. The van der Waals surface area contributed by atoms with Crippen LogP contribution in [0.3, 0.4) is 0 Å². The largest absolute Gasteiger partial charge is 0.497 e. The molecule has 10 heteroatoms. The Morgan fingerprint density at radius 1 is 0.969 bits per heavy atom. The molecule has 166 valence electrons. The number of methoxy groups -OCH3 is 1.